The predicted octanol–water partition coefficient (Wildman–Crippen LogP) is 4.35. The molecule has 6 nitrogen and oxygen atoms in total. The fraction of sp³-hybridized carbons (Fsp3) is 0.261. The van der Waals surface area contributed by atoms with E-state index in [1.165, 1.54) is 0 Å². The molecule has 146 valence electrons. The Morgan fingerprint density at radius 1 is 1.10 bits per heavy atom. The van der Waals surface area contributed by atoms with Gasteiger partial charge in [0.25, 0.3) is 5.91 Å². The first-order valence-electron chi connectivity index (χ1n) is 9.85. The Hall–Kier alpha value is -3.41. The van der Waals surface area contributed by atoms with Gasteiger partial charge in [-0.3, -0.25) is 14.6 Å². The van der Waals surface area contributed by atoms with Crippen molar-refractivity contribution in [3.8, 4) is 0 Å². The predicted molar refractivity (Wildman–Crippen MR) is 106 cm³/mol. The van der Waals surface area contributed by atoms with Crippen LogP contribution in [0.25, 0.3) is 11.0 Å². The summed E-state index contributed by atoms with van der Waals surface area (Å²) in [4.78, 5) is 32.4. The topological polar surface area (TPSA) is 83.6 Å². The number of hydrogen-bond acceptors (Lipinski definition) is 5. The third-order valence-corrected chi connectivity index (χ3v) is 5.82. The van der Waals surface area contributed by atoms with Crippen LogP contribution in [-0.4, -0.2) is 32.7 Å². The fourth-order valence-electron chi connectivity index (χ4n) is 4.47. The average molecular weight is 388 g/mol. The minimum Gasteiger partial charge on any atom is -0.503 e. The number of aliphatic hydroxyl groups is 1. The SMILES string of the molecule is O=C(C1=C(O)C(=O)N(C2CCCC2)C1c1ccccn1)c1cc2ccccc2o1. The maximum absolute atomic E-state index is 13.4. The van der Waals surface area contributed by atoms with Crippen molar-refractivity contribution in [2.45, 2.75) is 37.8 Å². The maximum Gasteiger partial charge on any atom is 0.290 e. The van der Waals surface area contributed by atoms with Crippen LogP contribution < -0.4 is 0 Å². The molecule has 3 heterocycles. The van der Waals surface area contributed by atoms with Gasteiger partial charge < -0.3 is 14.4 Å². The summed E-state index contributed by atoms with van der Waals surface area (Å²) >= 11 is 0. The highest BCUT2D eigenvalue weighted by Gasteiger charge is 2.48. The lowest BCUT2D eigenvalue weighted by Crippen LogP contribution is -2.39. The van der Waals surface area contributed by atoms with E-state index in [1.54, 1.807) is 35.4 Å². The molecule has 1 fully saturated rings. The number of fused-ring (bicyclic) bond motifs is 1. The highest BCUT2D eigenvalue weighted by atomic mass is 16.3. The molecular formula is C23H20N2O4. The van der Waals surface area contributed by atoms with E-state index in [0.29, 0.717) is 11.3 Å². The number of carbonyl (C=O) groups is 2. The number of aliphatic hydroxyl groups excluding tert-OH is 1. The molecule has 2 aliphatic rings. The number of furan rings is 1. The smallest absolute Gasteiger partial charge is 0.290 e. The molecular weight excluding hydrogens is 368 g/mol. The van der Waals surface area contributed by atoms with Crippen molar-refractivity contribution in [3.63, 3.8) is 0 Å². The minimum absolute atomic E-state index is 0.0161. The number of para-hydroxylation sites is 1. The molecule has 0 bridgehead atoms. The van der Waals surface area contributed by atoms with E-state index >= 15 is 0 Å². The highest BCUT2D eigenvalue weighted by Crippen LogP contribution is 2.42. The lowest BCUT2D eigenvalue weighted by atomic mass is 9.97. The largest absolute Gasteiger partial charge is 0.503 e. The van der Waals surface area contributed by atoms with Crippen molar-refractivity contribution < 1.29 is 19.1 Å². The van der Waals surface area contributed by atoms with Crippen molar-refractivity contribution >= 4 is 22.7 Å². The van der Waals surface area contributed by atoms with E-state index in [4.69, 9.17) is 4.42 Å². The third kappa shape index (κ3) is 2.83. The van der Waals surface area contributed by atoms with Gasteiger partial charge in [0.05, 0.1) is 11.3 Å². The second-order valence-electron chi connectivity index (χ2n) is 7.55. The van der Waals surface area contributed by atoms with Crippen LogP contribution in [0, 0.1) is 0 Å². The van der Waals surface area contributed by atoms with Crippen LogP contribution in [0.4, 0.5) is 0 Å². The number of amides is 1. The van der Waals surface area contributed by atoms with Gasteiger partial charge in [-0.15, -0.1) is 0 Å². The first-order valence-corrected chi connectivity index (χ1v) is 9.85. The quantitative estimate of drug-likeness (QED) is 0.672. The molecule has 1 saturated carbocycles. The van der Waals surface area contributed by atoms with Gasteiger partial charge in [0.15, 0.2) is 11.5 Å². The van der Waals surface area contributed by atoms with Gasteiger partial charge in [-0.2, -0.15) is 0 Å². The van der Waals surface area contributed by atoms with Gasteiger partial charge in [-0.1, -0.05) is 37.1 Å². The maximum atomic E-state index is 13.4. The first-order chi connectivity index (χ1) is 14.1. The third-order valence-electron chi connectivity index (χ3n) is 5.82. The summed E-state index contributed by atoms with van der Waals surface area (Å²) in [5.41, 5.74) is 1.19. The molecule has 1 N–H and O–H groups in total. The van der Waals surface area contributed by atoms with E-state index in [-0.39, 0.29) is 17.4 Å². The number of ketones is 1. The summed E-state index contributed by atoms with van der Waals surface area (Å²) in [5.74, 6) is -1.39. The van der Waals surface area contributed by atoms with E-state index in [2.05, 4.69) is 4.98 Å². The molecule has 1 unspecified atom stereocenters. The molecule has 0 saturated heterocycles. The van der Waals surface area contributed by atoms with Crippen LogP contribution in [0.2, 0.25) is 0 Å². The summed E-state index contributed by atoms with van der Waals surface area (Å²) in [7, 11) is 0. The van der Waals surface area contributed by atoms with Gasteiger partial charge in [0.1, 0.15) is 11.6 Å². The summed E-state index contributed by atoms with van der Waals surface area (Å²) in [6.07, 6.45) is 5.39. The zero-order valence-electron chi connectivity index (χ0n) is 15.7. The summed E-state index contributed by atoms with van der Waals surface area (Å²) in [5, 5.41) is 11.5. The van der Waals surface area contributed by atoms with Crippen molar-refractivity contribution in [3.05, 3.63) is 77.5 Å². The molecule has 1 aliphatic carbocycles. The zero-order chi connectivity index (χ0) is 20.0. The highest BCUT2D eigenvalue weighted by molar-refractivity contribution is 6.16. The lowest BCUT2D eigenvalue weighted by molar-refractivity contribution is -0.131. The Labute approximate surface area is 167 Å². The number of aromatic nitrogens is 1. The zero-order valence-corrected chi connectivity index (χ0v) is 15.7. The van der Waals surface area contributed by atoms with E-state index in [1.807, 2.05) is 24.3 Å². The molecule has 6 heteroatoms. The second kappa shape index (κ2) is 6.88. The minimum atomic E-state index is -0.715. The molecule has 1 aliphatic heterocycles. The molecule has 5 rings (SSSR count). The normalized spacial score (nSPS) is 20.2. The number of hydrogen-bond donors (Lipinski definition) is 1. The van der Waals surface area contributed by atoms with Crippen LogP contribution in [0.15, 0.2) is 70.5 Å². The Morgan fingerprint density at radius 2 is 1.86 bits per heavy atom. The molecule has 2 aromatic heterocycles. The van der Waals surface area contributed by atoms with Crippen LogP contribution in [0.1, 0.15) is 48.0 Å². The van der Waals surface area contributed by atoms with Crippen LogP contribution in [-0.2, 0) is 4.79 Å². The fourth-order valence-corrected chi connectivity index (χ4v) is 4.47. The lowest BCUT2D eigenvalue weighted by Gasteiger charge is -2.31. The second-order valence-corrected chi connectivity index (χ2v) is 7.55. The van der Waals surface area contributed by atoms with Gasteiger partial charge in [0, 0.05) is 17.6 Å². The van der Waals surface area contributed by atoms with E-state index in [0.717, 1.165) is 31.1 Å². The van der Waals surface area contributed by atoms with Crippen molar-refractivity contribution in [1.29, 1.82) is 0 Å². The number of rotatable bonds is 4. The van der Waals surface area contributed by atoms with Crippen LogP contribution >= 0.6 is 0 Å². The van der Waals surface area contributed by atoms with E-state index < -0.39 is 23.5 Å². The Bertz CT molecular complexity index is 1090. The standard InChI is InChI=1S/C23H20N2O4/c26-21(18-13-14-7-1-4-11-17(14)29-18)19-20(16-10-5-6-12-24-16)25(23(28)22(19)27)15-8-2-3-9-15/h1,4-7,10-13,15,20,27H,2-3,8-9H2. The van der Waals surface area contributed by atoms with Gasteiger partial charge >= 0.3 is 0 Å². The summed E-state index contributed by atoms with van der Waals surface area (Å²) < 4.78 is 5.73. The van der Waals surface area contributed by atoms with Crippen molar-refractivity contribution in [2.75, 3.05) is 0 Å². The number of carbonyl (C=O) groups excluding carboxylic acids is 2. The Balaban J connectivity index is 1.62. The molecule has 1 aromatic carbocycles. The Morgan fingerprint density at radius 3 is 2.59 bits per heavy atom. The molecule has 29 heavy (non-hydrogen) atoms. The number of Topliss-reactive ketones (excluding diaryl/α,β-unsaturated/α-hetero) is 1. The number of benzene rings is 1. The van der Waals surface area contributed by atoms with Crippen LogP contribution in [0.5, 0.6) is 0 Å². The molecule has 3 aromatic rings. The Kier molecular flexibility index (Phi) is 4.19. The molecule has 0 spiro atoms. The molecule has 0 radical (unpaired) electrons. The van der Waals surface area contributed by atoms with E-state index in [9.17, 15) is 14.7 Å². The van der Waals surface area contributed by atoms with Gasteiger partial charge in [-0.05, 0) is 37.1 Å². The first kappa shape index (κ1) is 17.7. The van der Waals surface area contributed by atoms with Crippen molar-refractivity contribution in [2.24, 2.45) is 0 Å². The average Bonchev–Trinajstić information content (AvgIpc) is 3.47. The van der Waals surface area contributed by atoms with Gasteiger partial charge in [0.2, 0.25) is 5.78 Å². The molecule has 1 atom stereocenters. The number of pyridine rings is 1. The molecule has 1 amide bonds. The van der Waals surface area contributed by atoms with Crippen LogP contribution in [0.3, 0.4) is 0 Å². The summed E-state index contributed by atoms with van der Waals surface area (Å²) in [6, 6.07) is 13.6. The monoisotopic (exact) mass is 388 g/mol. The summed E-state index contributed by atoms with van der Waals surface area (Å²) in [6.45, 7) is 0. The van der Waals surface area contributed by atoms with Gasteiger partial charge in [-0.25, -0.2) is 0 Å². The number of nitrogens with zero attached hydrogens (tertiary/aromatic N) is 2. The van der Waals surface area contributed by atoms with Crippen molar-refractivity contribution in [1.82, 2.24) is 9.88 Å².